The van der Waals surface area contributed by atoms with Gasteiger partial charge in [0.2, 0.25) is 5.88 Å². The molecule has 15 rings (SSSR count). The van der Waals surface area contributed by atoms with Crippen molar-refractivity contribution in [3.63, 3.8) is 0 Å². The van der Waals surface area contributed by atoms with Crippen LogP contribution in [0.25, 0.3) is 82.9 Å². The Labute approximate surface area is 494 Å². The zero-order valence-corrected chi connectivity index (χ0v) is 47.1. The molecular formula is C79H58N4O2. The molecule has 0 saturated carbocycles. The Morgan fingerprint density at radius 3 is 2.13 bits per heavy atom. The lowest BCUT2D eigenvalue weighted by molar-refractivity contribution is 0.415. The van der Waals surface area contributed by atoms with Crippen LogP contribution in [-0.2, 0) is 0 Å². The molecule has 0 atom stereocenters. The van der Waals surface area contributed by atoms with Gasteiger partial charge in [-0.1, -0.05) is 202 Å². The molecule has 1 N–H and O–H groups in total. The summed E-state index contributed by atoms with van der Waals surface area (Å²) in [5.74, 6) is 1.42. The molecular weight excluding hydrogens is 1040 g/mol. The highest BCUT2D eigenvalue weighted by Crippen LogP contribution is 2.55. The third-order valence-electron chi connectivity index (χ3n) is 16.8. The van der Waals surface area contributed by atoms with Gasteiger partial charge in [0.1, 0.15) is 11.3 Å². The van der Waals surface area contributed by atoms with Crippen molar-refractivity contribution < 1.29 is 9.15 Å². The van der Waals surface area contributed by atoms with Crippen molar-refractivity contribution in [2.24, 2.45) is 0 Å². The molecule has 9 aromatic carbocycles. The summed E-state index contributed by atoms with van der Waals surface area (Å²) >= 11 is 0. The number of H-pyrrole nitrogens is 1. The number of anilines is 6. The van der Waals surface area contributed by atoms with Gasteiger partial charge in [0.05, 0.1) is 28.3 Å². The van der Waals surface area contributed by atoms with Crippen molar-refractivity contribution >= 4 is 106 Å². The summed E-state index contributed by atoms with van der Waals surface area (Å²) in [6, 6.07) is 69.0. The first-order chi connectivity index (χ1) is 41.9. The molecule has 11 aromatic rings. The number of hydrogen-bond donors (Lipinski definition) is 1. The van der Waals surface area contributed by atoms with Gasteiger partial charge in [0.25, 0.3) is 0 Å². The summed E-state index contributed by atoms with van der Waals surface area (Å²) in [5.41, 5.74) is 24.3. The molecule has 85 heavy (non-hydrogen) atoms. The van der Waals surface area contributed by atoms with E-state index in [1.165, 1.54) is 11.3 Å². The van der Waals surface area contributed by atoms with Gasteiger partial charge in [0.15, 0.2) is 5.58 Å². The third-order valence-corrected chi connectivity index (χ3v) is 16.8. The van der Waals surface area contributed by atoms with Crippen LogP contribution < -0.4 is 19.4 Å². The first-order valence-electron chi connectivity index (χ1n) is 28.9. The topological polar surface area (TPSA) is 47.9 Å². The van der Waals surface area contributed by atoms with Gasteiger partial charge in [-0.2, -0.15) is 0 Å². The SMILES string of the molecule is C=C/C=C\C=C(/C)c1c(-c2ccc(N(/C3=C/C=C\C(=C)c4ccccc4O3)c3ccccc3)cc2)ccc2c1[nH]c1cc3c(cc12)N1/C(=C(c2ccc(N(C4=CC=CCC4)c4cccc5c4oc4ccccc45)cc2)\C=C/C3=C)c2ccccc21. The first-order valence-corrected chi connectivity index (χ1v) is 28.9. The minimum atomic E-state index is 0.674. The Morgan fingerprint density at radius 1 is 0.576 bits per heavy atom. The van der Waals surface area contributed by atoms with Crippen molar-refractivity contribution in [3.05, 3.63) is 326 Å². The van der Waals surface area contributed by atoms with Gasteiger partial charge in [-0.05, 0) is 138 Å². The van der Waals surface area contributed by atoms with Gasteiger partial charge in [-0.25, -0.2) is 0 Å². The van der Waals surface area contributed by atoms with Gasteiger partial charge < -0.3 is 23.9 Å². The van der Waals surface area contributed by atoms with Crippen LogP contribution in [0.15, 0.2) is 303 Å². The molecule has 5 heterocycles. The van der Waals surface area contributed by atoms with Crippen LogP contribution in [0.2, 0.25) is 0 Å². The fourth-order valence-electron chi connectivity index (χ4n) is 12.7. The summed E-state index contributed by atoms with van der Waals surface area (Å²) in [7, 11) is 0. The number of rotatable bonds is 11. The van der Waals surface area contributed by atoms with Gasteiger partial charge in [-0.3, -0.25) is 4.90 Å². The van der Waals surface area contributed by atoms with E-state index in [-0.39, 0.29) is 0 Å². The third kappa shape index (κ3) is 8.73. The van der Waals surface area contributed by atoms with E-state index >= 15 is 0 Å². The standard InChI is InChI=1S/C79H58N4O2/c1-5-6-9-22-53(4)76-61(54-38-44-59(45-39-54)82(57-26-12-8-13-27-57)75-36-20-23-51(2)60-28-15-18-34-73(60)84-75)47-48-64-68-50-72-67(49-69(68)80-77(64)76)52(3)37-46-62(78-66-30-14-17-32-70(66)83(72)78)55-40-42-58(43-41-55)81(56-24-10-7-11-25-56)71-33-21-31-65-63-29-16-19-35-74(63)85-79(65)71/h5-10,12-24,26-50,80H,1-3,11,25H2,4H3/b9-6-,23-20-,46-37-,53-22+,75-36-,78-62+. The van der Waals surface area contributed by atoms with Gasteiger partial charge in [-0.15, -0.1) is 0 Å². The second-order valence-electron chi connectivity index (χ2n) is 21.9. The van der Waals surface area contributed by atoms with E-state index in [1.54, 1.807) is 0 Å². The van der Waals surface area contributed by atoms with E-state index in [0.29, 0.717) is 5.88 Å². The van der Waals surface area contributed by atoms with Crippen molar-refractivity contribution in [2.75, 3.05) is 14.7 Å². The normalized spacial score (nSPS) is 16.9. The van der Waals surface area contributed by atoms with Crippen LogP contribution in [0.5, 0.6) is 5.75 Å². The summed E-state index contributed by atoms with van der Waals surface area (Å²) in [4.78, 5) is 11.0. The van der Waals surface area contributed by atoms with E-state index in [1.807, 2.05) is 66.8 Å². The molecule has 3 aliphatic heterocycles. The van der Waals surface area contributed by atoms with Crippen molar-refractivity contribution in [1.82, 2.24) is 4.98 Å². The lowest BCUT2D eigenvalue weighted by Crippen LogP contribution is -2.28. The Kier molecular flexibility index (Phi) is 12.6. The number of fused-ring (bicyclic) bond motifs is 13. The fourth-order valence-corrected chi connectivity index (χ4v) is 12.7. The Balaban J connectivity index is 0.830. The Bertz CT molecular complexity index is 4860. The quantitative estimate of drug-likeness (QED) is 0.131. The fraction of sp³-hybridized carbons (Fsp3) is 0.0380. The van der Waals surface area contributed by atoms with E-state index < -0.39 is 0 Å². The molecule has 0 unspecified atom stereocenters. The Hall–Kier alpha value is -11.1. The lowest BCUT2D eigenvalue weighted by atomic mass is 9.86. The lowest BCUT2D eigenvalue weighted by Gasteiger charge is -2.42. The molecule has 6 heteroatoms. The largest absolute Gasteiger partial charge is 0.454 e. The average Bonchev–Trinajstić information content (AvgIpc) is 1.75. The number of aromatic amines is 1. The van der Waals surface area contributed by atoms with E-state index in [9.17, 15) is 0 Å². The molecule has 406 valence electrons. The van der Waals surface area contributed by atoms with Gasteiger partial charge in [0, 0.05) is 77.6 Å². The molecule has 1 aliphatic carbocycles. The highest BCUT2D eigenvalue weighted by molar-refractivity contribution is 6.20. The second-order valence-corrected chi connectivity index (χ2v) is 21.9. The van der Waals surface area contributed by atoms with Crippen molar-refractivity contribution in [1.29, 1.82) is 0 Å². The molecule has 0 bridgehead atoms. The number of benzene rings is 9. The number of hydrogen-bond acceptors (Lipinski definition) is 5. The first kappa shape index (κ1) is 50.8. The minimum absolute atomic E-state index is 0.674. The molecule has 0 radical (unpaired) electrons. The van der Waals surface area contributed by atoms with Crippen LogP contribution in [0, 0.1) is 0 Å². The minimum Gasteiger partial charge on any atom is -0.454 e. The molecule has 2 aromatic heterocycles. The number of furan rings is 1. The smallest absolute Gasteiger partial charge is 0.205 e. The van der Waals surface area contributed by atoms with Crippen LogP contribution in [0.1, 0.15) is 47.6 Å². The monoisotopic (exact) mass is 1090 g/mol. The maximum atomic E-state index is 6.77. The highest BCUT2D eigenvalue weighted by Gasteiger charge is 2.36. The van der Waals surface area contributed by atoms with Crippen molar-refractivity contribution in [3.8, 4) is 16.9 Å². The number of nitrogens with zero attached hydrogens (tertiary/aromatic N) is 3. The maximum absolute atomic E-state index is 6.77. The number of allylic oxidation sites excluding steroid dienone is 17. The maximum Gasteiger partial charge on any atom is 0.205 e. The zero-order chi connectivity index (χ0) is 57.1. The van der Waals surface area contributed by atoms with Crippen LogP contribution >= 0.6 is 0 Å². The second kappa shape index (κ2) is 21.0. The molecule has 0 saturated heterocycles. The highest BCUT2D eigenvalue weighted by atomic mass is 16.5. The summed E-state index contributed by atoms with van der Waals surface area (Å²) in [5, 5.41) is 4.50. The van der Waals surface area contributed by atoms with Crippen LogP contribution in [0.3, 0.4) is 0 Å². The van der Waals surface area contributed by atoms with E-state index in [4.69, 9.17) is 15.7 Å². The number of para-hydroxylation sites is 5. The number of aromatic nitrogens is 1. The number of ether oxygens (including phenoxy) is 1. The van der Waals surface area contributed by atoms with Crippen LogP contribution in [0.4, 0.5) is 34.1 Å². The summed E-state index contributed by atoms with van der Waals surface area (Å²) < 4.78 is 13.4. The molecule has 0 fully saturated rings. The van der Waals surface area contributed by atoms with E-state index in [0.717, 1.165) is 158 Å². The molecule has 0 amide bonds. The predicted molar refractivity (Wildman–Crippen MR) is 358 cm³/mol. The van der Waals surface area contributed by atoms with Crippen molar-refractivity contribution in [2.45, 2.75) is 19.8 Å². The predicted octanol–water partition coefficient (Wildman–Crippen LogP) is 21.6. The number of nitrogens with one attached hydrogen (secondary N) is 1. The summed E-state index contributed by atoms with van der Waals surface area (Å²) in [6.45, 7) is 15.2. The van der Waals surface area contributed by atoms with Gasteiger partial charge >= 0.3 is 0 Å². The average molecular weight is 1100 g/mol. The zero-order valence-electron chi connectivity index (χ0n) is 47.1. The Morgan fingerprint density at radius 2 is 1.31 bits per heavy atom. The summed E-state index contributed by atoms with van der Waals surface area (Å²) in [6.07, 6.45) is 27.0. The molecule has 6 nitrogen and oxygen atoms in total. The molecule has 4 aliphatic rings. The van der Waals surface area contributed by atoms with E-state index in [2.05, 4.69) is 240 Å². The molecule has 0 spiro atoms. The van der Waals surface area contributed by atoms with Crippen LogP contribution in [-0.4, -0.2) is 4.98 Å².